The summed E-state index contributed by atoms with van der Waals surface area (Å²) in [6.07, 6.45) is 11.1. The van der Waals surface area contributed by atoms with Gasteiger partial charge in [-0.25, -0.2) is 0 Å². The molecule has 32 heavy (non-hydrogen) atoms. The number of carbonyl (C=O) groups excluding carboxylic acids is 1. The van der Waals surface area contributed by atoms with Gasteiger partial charge in [0.2, 0.25) is 5.91 Å². The Labute approximate surface area is 196 Å². The molecule has 0 bridgehead atoms. The number of amides is 1. The van der Waals surface area contributed by atoms with Gasteiger partial charge in [-0.2, -0.15) is 0 Å². The van der Waals surface area contributed by atoms with E-state index in [9.17, 15) is 9.90 Å². The van der Waals surface area contributed by atoms with Crippen molar-refractivity contribution < 1.29 is 9.90 Å². The summed E-state index contributed by atoms with van der Waals surface area (Å²) in [6.45, 7) is 11.4. The van der Waals surface area contributed by atoms with E-state index < -0.39 is 6.10 Å². The van der Waals surface area contributed by atoms with Gasteiger partial charge in [0, 0.05) is 12.1 Å². The second-order valence-corrected chi connectivity index (χ2v) is 12.9. The van der Waals surface area contributed by atoms with Crippen LogP contribution >= 0.6 is 0 Å². The number of hydrogen-bond acceptors (Lipinski definition) is 3. The number of allylic oxidation sites excluding steroid dienone is 1. The summed E-state index contributed by atoms with van der Waals surface area (Å²) in [6, 6.07) is 0.550. The van der Waals surface area contributed by atoms with Gasteiger partial charge < -0.3 is 15.3 Å². The minimum atomic E-state index is -0.428. The molecule has 4 nitrogen and oxygen atoms in total. The molecule has 0 radical (unpaired) electrons. The van der Waals surface area contributed by atoms with E-state index in [2.05, 4.69) is 45.1 Å². The first-order valence-corrected chi connectivity index (χ1v) is 13.3. The molecule has 0 aromatic rings. The Bertz CT molecular complexity index is 744. The number of rotatable bonds is 4. The molecule has 10 unspecified atom stereocenters. The average Bonchev–Trinajstić information content (AvgIpc) is 3.04. The van der Waals surface area contributed by atoms with Gasteiger partial charge in [-0.05, 0) is 127 Å². The van der Waals surface area contributed by atoms with Gasteiger partial charge in [-0.3, -0.25) is 4.79 Å². The SMILES string of the molecule is CC(C)=CC(=O)NC1CC2CCC3C(CCC4(C)C3CCC4C(C)N(C)C)C2(C)CC1O. The van der Waals surface area contributed by atoms with Crippen LogP contribution < -0.4 is 5.32 Å². The molecule has 1 amide bonds. The van der Waals surface area contributed by atoms with E-state index in [0.717, 1.165) is 42.1 Å². The van der Waals surface area contributed by atoms with Crippen LogP contribution in [0.15, 0.2) is 11.6 Å². The Morgan fingerprint density at radius 1 is 1.06 bits per heavy atom. The molecular formula is C28H48N2O2. The van der Waals surface area contributed by atoms with Crippen LogP contribution in [0.25, 0.3) is 0 Å². The molecule has 0 aliphatic heterocycles. The van der Waals surface area contributed by atoms with Crippen molar-refractivity contribution in [1.29, 1.82) is 0 Å². The zero-order valence-electron chi connectivity index (χ0n) is 21.7. The lowest BCUT2D eigenvalue weighted by Gasteiger charge is -2.62. The van der Waals surface area contributed by atoms with Gasteiger partial charge in [0.15, 0.2) is 0 Å². The number of nitrogens with one attached hydrogen (secondary N) is 1. The molecule has 0 aromatic carbocycles. The van der Waals surface area contributed by atoms with E-state index >= 15 is 0 Å². The normalized spacial score (nSPS) is 46.6. The highest BCUT2D eigenvalue weighted by Gasteiger charge is 2.61. The highest BCUT2D eigenvalue weighted by atomic mass is 16.3. The Hall–Kier alpha value is -0.870. The van der Waals surface area contributed by atoms with Crippen molar-refractivity contribution in [1.82, 2.24) is 10.2 Å². The zero-order valence-corrected chi connectivity index (χ0v) is 21.7. The van der Waals surface area contributed by atoms with E-state index in [4.69, 9.17) is 0 Å². The van der Waals surface area contributed by atoms with Crippen LogP contribution in [0.2, 0.25) is 0 Å². The Morgan fingerprint density at radius 3 is 2.41 bits per heavy atom. The molecular weight excluding hydrogens is 396 g/mol. The van der Waals surface area contributed by atoms with Gasteiger partial charge in [-0.15, -0.1) is 0 Å². The first kappa shape index (κ1) is 24.3. The molecule has 4 aliphatic rings. The lowest BCUT2D eigenvalue weighted by atomic mass is 9.44. The first-order chi connectivity index (χ1) is 15.0. The van der Waals surface area contributed by atoms with Crippen LogP contribution in [-0.2, 0) is 4.79 Å². The van der Waals surface area contributed by atoms with Crippen molar-refractivity contribution in [2.45, 2.75) is 104 Å². The predicted molar refractivity (Wildman–Crippen MR) is 131 cm³/mol. The second kappa shape index (κ2) is 8.73. The van der Waals surface area contributed by atoms with Crippen LogP contribution in [0.5, 0.6) is 0 Å². The Morgan fingerprint density at radius 2 is 1.75 bits per heavy atom. The lowest BCUT2D eigenvalue weighted by Crippen LogP contribution is -2.59. The fourth-order valence-electron chi connectivity index (χ4n) is 9.13. The summed E-state index contributed by atoms with van der Waals surface area (Å²) in [4.78, 5) is 14.8. The second-order valence-electron chi connectivity index (χ2n) is 12.9. The molecule has 4 aliphatic carbocycles. The van der Waals surface area contributed by atoms with Gasteiger partial charge >= 0.3 is 0 Å². The van der Waals surface area contributed by atoms with Crippen LogP contribution in [0.3, 0.4) is 0 Å². The number of nitrogens with zero attached hydrogens (tertiary/aromatic N) is 1. The molecule has 0 saturated heterocycles. The van der Waals surface area contributed by atoms with Crippen LogP contribution in [0, 0.1) is 40.4 Å². The largest absolute Gasteiger partial charge is 0.391 e. The highest BCUT2D eigenvalue weighted by Crippen LogP contribution is 2.67. The molecule has 4 rings (SSSR count). The minimum absolute atomic E-state index is 0.0493. The van der Waals surface area contributed by atoms with Crippen molar-refractivity contribution in [3.63, 3.8) is 0 Å². The van der Waals surface area contributed by atoms with Gasteiger partial charge in [0.25, 0.3) is 0 Å². The summed E-state index contributed by atoms with van der Waals surface area (Å²) in [7, 11) is 4.49. The van der Waals surface area contributed by atoms with Crippen molar-refractivity contribution in [2.75, 3.05) is 14.1 Å². The predicted octanol–water partition coefficient (Wildman–Crippen LogP) is 5.02. The molecule has 2 N–H and O–H groups in total. The number of carbonyl (C=O) groups is 1. The zero-order chi connectivity index (χ0) is 23.4. The fourth-order valence-corrected chi connectivity index (χ4v) is 9.13. The van der Waals surface area contributed by atoms with Crippen LogP contribution in [-0.4, -0.2) is 48.2 Å². The molecule has 10 atom stereocenters. The first-order valence-electron chi connectivity index (χ1n) is 13.3. The summed E-state index contributed by atoms with van der Waals surface area (Å²) in [5.74, 6) is 3.77. The van der Waals surface area contributed by atoms with E-state index in [1.54, 1.807) is 6.08 Å². The van der Waals surface area contributed by atoms with E-state index in [1.165, 1.54) is 38.5 Å². The molecule has 0 heterocycles. The maximum Gasteiger partial charge on any atom is 0.244 e. The highest BCUT2D eigenvalue weighted by molar-refractivity contribution is 5.88. The Balaban J connectivity index is 1.50. The monoisotopic (exact) mass is 444 g/mol. The van der Waals surface area contributed by atoms with Crippen molar-refractivity contribution in [3.8, 4) is 0 Å². The number of fused-ring (bicyclic) bond motifs is 5. The van der Waals surface area contributed by atoms with Gasteiger partial charge in [-0.1, -0.05) is 19.4 Å². The molecule has 4 heteroatoms. The lowest BCUT2D eigenvalue weighted by molar-refractivity contribution is -0.143. The Kier molecular flexibility index (Phi) is 6.62. The molecule has 4 fully saturated rings. The third kappa shape index (κ3) is 3.98. The average molecular weight is 445 g/mol. The number of hydrogen-bond donors (Lipinski definition) is 2. The third-order valence-electron chi connectivity index (χ3n) is 10.9. The maximum absolute atomic E-state index is 12.3. The quantitative estimate of drug-likeness (QED) is 0.599. The summed E-state index contributed by atoms with van der Waals surface area (Å²) >= 11 is 0. The van der Waals surface area contributed by atoms with Gasteiger partial charge in [0.1, 0.15) is 0 Å². The maximum atomic E-state index is 12.3. The van der Waals surface area contributed by atoms with Crippen molar-refractivity contribution >= 4 is 5.91 Å². The smallest absolute Gasteiger partial charge is 0.244 e. The van der Waals surface area contributed by atoms with E-state index in [-0.39, 0.29) is 17.4 Å². The van der Waals surface area contributed by atoms with E-state index in [1.807, 2.05) is 13.8 Å². The van der Waals surface area contributed by atoms with Crippen molar-refractivity contribution in [3.05, 3.63) is 11.6 Å². The van der Waals surface area contributed by atoms with Gasteiger partial charge in [0.05, 0.1) is 12.1 Å². The summed E-state index contributed by atoms with van der Waals surface area (Å²) in [5.41, 5.74) is 1.69. The molecule has 0 aromatic heterocycles. The van der Waals surface area contributed by atoms with E-state index in [0.29, 0.717) is 17.4 Å². The molecule has 182 valence electrons. The van der Waals surface area contributed by atoms with Crippen LogP contribution in [0.4, 0.5) is 0 Å². The molecule has 0 spiro atoms. The number of aliphatic hydroxyl groups is 1. The fraction of sp³-hybridized carbons (Fsp3) is 0.893. The van der Waals surface area contributed by atoms with Crippen molar-refractivity contribution in [2.24, 2.45) is 40.4 Å². The molecule has 4 saturated carbocycles. The standard InChI is InChI=1S/C28H48N2O2/c1-17(2)14-26(32)29-24-15-19-8-9-20-22-11-10-21(18(3)30(6)7)27(22,4)13-12-23(20)28(19,5)16-25(24)31/h14,18-25,31H,8-13,15-16H2,1-7H3,(H,29,32). The summed E-state index contributed by atoms with van der Waals surface area (Å²) < 4.78 is 0. The van der Waals surface area contributed by atoms with Crippen LogP contribution in [0.1, 0.15) is 86.0 Å². The summed E-state index contributed by atoms with van der Waals surface area (Å²) in [5, 5.41) is 14.2. The number of aliphatic hydroxyl groups excluding tert-OH is 1. The third-order valence-corrected chi connectivity index (χ3v) is 10.9. The topological polar surface area (TPSA) is 52.6 Å². The minimum Gasteiger partial charge on any atom is -0.391 e.